The minimum atomic E-state index is 0.488. The van der Waals surface area contributed by atoms with Gasteiger partial charge in [-0.25, -0.2) is 0 Å². The number of rotatable bonds is 7. The Morgan fingerprint density at radius 3 is 2.70 bits per heavy atom. The SMILES string of the molecule is CN=C(NCc1cccc2ccccc12)NC1CCN(CCCOC)CC1. The molecule has 0 aromatic heterocycles. The molecule has 0 amide bonds. The summed E-state index contributed by atoms with van der Waals surface area (Å²) in [4.78, 5) is 6.95. The fourth-order valence-electron chi connectivity index (χ4n) is 3.75. The maximum atomic E-state index is 5.15. The molecule has 5 heteroatoms. The number of guanidine groups is 1. The Hall–Kier alpha value is -2.11. The van der Waals surface area contributed by atoms with Gasteiger partial charge in [0, 0.05) is 53.0 Å². The molecule has 2 aromatic carbocycles. The largest absolute Gasteiger partial charge is 0.385 e. The first kappa shape index (κ1) is 19.6. The van der Waals surface area contributed by atoms with Gasteiger partial charge >= 0.3 is 0 Å². The summed E-state index contributed by atoms with van der Waals surface area (Å²) in [7, 11) is 3.62. The predicted octanol–water partition coefficient (Wildman–Crippen LogP) is 3.01. The number of ether oxygens (including phenoxy) is 1. The number of nitrogens with one attached hydrogen (secondary N) is 2. The zero-order chi connectivity index (χ0) is 18.9. The first-order valence-corrected chi connectivity index (χ1v) is 9.95. The van der Waals surface area contributed by atoms with Gasteiger partial charge in [0.2, 0.25) is 0 Å². The van der Waals surface area contributed by atoms with Crippen LogP contribution in [0.2, 0.25) is 0 Å². The summed E-state index contributed by atoms with van der Waals surface area (Å²) in [5.74, 6) is 0.890. The van der Waals surface area contributed by atoms with Crippen LogP contribution >= 0.6 is 0 Å². The van der Waals surface area contributed by atoms with Crippen LogP contribution in [0, 0.1) is 0 Å². The van der Waals surface area contributed by atoms with Crippen molar-refractivity contribution in [1.82, 2.24) is 15.5 Å². The van der Waals surface area contributed by atoms with E-state index < -0.39 is 0 Å². The first-order chi connectivity index (χ1) is 13.3. The maximum absolute atomic E-state index is 5.15. The Kier molecular flexibility index (Phi) is 7.48. The molecule has 1 aliphatic rings. The molecule has 0 bridgehead atoms. The van der Waals surface area contributed by atoms with Gasteiger partial charge in [-0.15, -0.1) is 0 Å². The highest BCUT2D eigenvalue weighted by atomic mass is 16.5. The molecule has 0 atom stereocenters. The number of hydrogen-bond acceptors (Lipinski definition) is 3. The summed E-state index contributed by atoms with van der Waals surface area (Å²) in [6, 6.07) is 15.5. The van der Waals surface area contributed by atoms with Crippen LogP contribution in [0.5, 0.6) is 0 Å². The van der Waals surface area contributed by atoms with E-state index in [1.165, 1.54) is 16.3 Å². The van der Waals surface area contributed by atoms with Gasteiger partial charge in [0.05, 0.1) is 0 Å². The zero-order valence-electron chi connectivity index (χ0n) is 16.6. The van der Waals surface area contributed by atoms with Crippen molar-refractivity contribution in [2.45, 2.75) is 31.8 Å². The molecule has 1 aliphatic heterocycles. The Bertz CT molecular complexity index is 733. The van der Waals surface area contributed by atoms with Crippen molar-refractivity contribution in [3.8, 4) is 0 Å². The minimum absolute atomic E-state index is 0.488. The summed E-state index contributed by atoms with van der Waals surface area (Å²) in [5.41, 5.74) is 1.30. The number of hydrogen-bond donors (Lipinski definition) is 2. The number of likely N-dealkylation sites (tertiary alicyclic amines) is 1. The molecule has 5 nitrogen and oxygen atoms in total. The monoisotopic (exact) mass is 368 g/mol. The van der Waals surface area contributed by atoms with E-state index in [-0.39, 0.29) is 0 Å². The van der Waals surface area contributed by atoms with Crippen LogP contribution in [0.4, 0.5) is 0 Å². The van der Waals surface area contributed by atoms with Gasteiger partial charge < -0.3 is 20.3 Å². The zero-order valence-corrected chi connectivity index (χ0v) is 16.6. The maximum Gasteiger partial charge on any atom is 0.191 e. The molecule has 0 radical (unpaired) electrons. The molecule has 1 fully saturated rings. The van der Waals surface area contributed by atoms with Gasteiger partial charge in [-0.05, 0) is 35.6 Å². The number of aliphatic imine (C=N–C) groups is 1. The van der Waals surface area contributed by atoms with Crippen LogP contribution in [0.25, 0.3) is 10.8 Å². The lowest BCUT2D eigenvalue weighted by atomic mass is 10.0. The predicted molar refractivity (Wildman–Crippen MR) is 113 cm³/mol. The third-order valence-electron chi connectivity index (χ3n) is 5.30. The summed E-state index contributed by atoms with van der Waals surface area (Å²) in [6.07, 6.45) is 3.42. The second kappa shape index (κ2) is 10.3. The smallest absolute Gasteiger partial charge is 0.191 e. The Balaban J connectivity index is 1.47. The van der Waals surface area contributed by atoms with Gasteiger partial charge in [-0.3, -0.25) is 4.99 Å². The van der Waals surface area contributed by atoms with Crippen molar-refractivity contribution in [2.75, 3.05) is 40.4 Å². The molecule has 1 heterocycles. The lowest BCUT2D eigenvalue weighted by molar-refractivity contribution is 0.155. The third-order valence-corrected chi connectivity index (χ3v) is 5.30. The highest BCUT2D eigenvalue weighted by Gasteiger charge is 2.19. The average Bonchev–Trinajstić information content (AvgIpc) is 2.72. The second-order valence-electron chi connectivity index (χ2n) is 7.17. The van der Waals surface area contributed by atoms with Gasteiger partial charge in [0.25, 0.3) is 0 Å². The van der Waals surface area contributed by atoms with E-state index in [9.17, 15) is 0 Å². The van der Waals surface area contributed by atoms with E-state index in [2.05, 4.69) is 63.0 Å². The van der Waals surface area contributed by atoms with Crippen LogP contribution in [-0.2, 0) is 11.3 Å². The van der Waals surface area contributed by atoms with Crippen molar-refractivity contribution in [3.05, 3.63) is 48.0 Å². The van der Waals surface area contributed by atoms with Crippen LogP contribution < -0.4 is 10.6 Å². The van der Waals surface area contributed by atoms with Crippen molar-refractivity contribution < 1.29 is 4.74 Å². The van der Waals surface area contributed by atoms with Gasteiger partial charge in [-0.1, -0.05) is 42.5 Å². The van der Waals surface area contributed by atoms with E-state index in [0.29, 0.717) is 6.04 Å². The quantitative estimate of drug-likeness (QED) is 0.448. The summed E-state index contributed by atoms with van der Waals surface area (Å²) in [5, 5.41) is 9.66. The topological polar surface area (TPSA) is 48.9 Å². The molecule has 0 saturated carbocycles. The van der Waals surface area contributed by atoms with Crippen LogP contribution in [-0.4, -0.2) is 57.3 Å². The summed E-state index contributed by atoms with van der Waals surface area (Å²) < 4.78 is 5.15. The molecule has 3 rings (SSSR count). The highest BCUT2D eigenvalue weighted by Crippen LogP contribution is 2.18. The van der Waals surface area contributed by atoms with Crippen molar-refractivity contribution in [2.24, 2.45) is 4.99 Å². The van der Waals surface area contributed by atoms with E-state index in [1.54, 1.807) is 7.11 Å². The molecule has 0 aliphatic carbocycles. The van der Waals surface area contributed by atoms with Crippen LogP contribution in [0.1, 0.15) is 24.8 Å². The number of methoxy groups -OCH3 is 1. The number of piperidine rings is 1. The molecule has 0 unspecified atom stereocenters. The Labute approximate surface area is 162 Å². The molecular formula is C22H32N4O. The van der Waals surface area contributed by atoms with Crippen LogP contribution in [0.3, 0.4) is 0 Å². The standard InChI is InChI=1S/C22H32N4O/c1-23-22(25-20-11-14-26(15-12-20)13-6-16-27-2)24-17-19-9-5-8-18-7-3-4-10-21(18)19/h3-5,7-10,20H,6,11-17H2,1-2H3,(H2,23,24,25). The molecule has 2 N–H and O–H groups in total. The van der Waals surface area contributed by atoms with E-state index in [0.717, 1.165) is 58.0 Å². The number of nitrogens with zero attached hydrogens (tertiary/aromatic N) is 2. The van der Waals surface area contributed by atoms with Crippen molar-refractivity contribution in [3.63, 3.8) is 0 Å². The van der Waals surface area contributed by atoms with Gasteiger partial charge in [0.15, 0.2) is 5.96 Å². The van der Waals surface area contributed by atoms with Gasteiger partial charge in [0.1, 0.15) is 0 Å². The molecule has 1 saturated heterocycles. The third kappa shape index (κ3) is 5.68. The van der Waals surface area contributed by atoms with Crippen molar-refractivity contribution in [1.29, 1.82) is 0 Å². The normalized spacial score (nSPS) is 16.6. The minimum Gasteiger partial charge on any atom is -0.385 e. The summed E-state index contributed by atoms with van der Waals surface area (Å²) >= 11 is 0. The molecule has 2 aromatic rings. The second-order valence-corrected chi connectivity index (χ2v) is 7.17. The molecule has 0 spiro atoms. The van der Waals surface area contributed by atoms with Crippen molar-refractivity contribution >= 4 is 16.7 Å². The number of benzene rings is 2. The molecule has 146 valence electrons. The van der Waals surface area contributed by atoms with E-state index in [4.69, 9.17) is 4.74 Å². The number of fused-ring (bicyclic) bond motifs is 1. The first-order valence-electron chi connectivity index (χ1n) is 9.95. The summed E-state index contributed by atoms with van der Waals surface area (Å²) in [6.45, 7) is 5.04. The highest BCUT2D eigenvalue weighted by molar-refractivity contribution is 5.86. The van der Waals surface area contributed by atoms with E-state index in [1.807, 2.05) is 7.05 Å². The fraction of sp³-hybridized carbons (Fsp3) is 0.500. The van der Waals surface area contributed by atoms with E-state index >= 15 is 0 Å². The molecular weight excluding hydrogens is 336 g/mol. The van der Waals surface area contributed by atoms with Gasteiger partial charge in [-0.2, -0.15) is 0 Å². The molecule has 27 heavy (non-hydrogen) atoms. The average molecular weight is 369 g/mol. The Morgan fingerprint density at radius 1 is 1.15 bits per heavy atom. The lowest BCUT2D eigenvalue weighted by Crippen LogP contribution is -2.48. The fourth-order valence-corrected chi connectivity index (χ4v) is 3.75. The Morgan fingerprint density at radius 2 is 1.93 bits per heavy atom. The lowest BCUT2D eigenvalue weighted by Gasteiger charge is -2.33. The van der Waals surface area contributed by atoms with Crippen LogP contribution in [0.15, 0.2) is 47.5 Å².